The second kappa shape index (κ2) is 10.0. The number of azo groups is 1. The molecule has 0 aliphatic rings. The Kier molecular flexibility index (Phi) is 7.95. The predicted molar refractivity (Wildman–Crippen MR) is 90.3 cm³/mol. The van der Waals surface area contributed by atoms with Gasteiger partial charge < -0.3 is 10.0 Å². The Labute approximate surface area is 135 Å². The summed E-state index contributed by atoms with van der Waals surface area (Å²) in [5.74, 6) is 0. The van der Waals surface area contributed by atoms with Crippen LogP contribution in [0.15, 0.2) is 71.2 Å². The van der Waals surface area contributed by atoms with Gasteiger partial charge in [-0.15, -0.1) is 0 Å². The highest BCUT2D eigenvalue weighted by Gasteiger charge is 2.03. The van der Waals surface area contributed by atoms with Gasteiger partial charge in [-0.3, -0.25) is 10.1 Å². The summed E-state index contributed by atoms with van der Waals surface area (Å²) >= 11 is 0. The molecule has 0 atom stereocenters. The van der Waals surface area contributed by atoms with Crippen molar-refractivity contribution in [2.45, 2.75) is 6.92 Å². The van der Waals surface area contributed by atoms with Crippen molar-refractivity contribution in [3.63, 3.8) is 0 Å². The van der Waals surface area contributed by atoms with Crippen LogP contribution in [0.5, 0.6) is 0 Å². The molecule has 0 unspecified atom stereocenters. The van der Waals surface area contributed by atoms with Crippen molar-refractivity contribution in [2.75, 3.05) is 24.6 Å². The highest BCUT2D eigenvalue weighted by atomic mass is 16.6. The van der Waals surface area contributed by atoms with E-state index in [9.17, 15) is 10.1 Å². The molecule has 1 N–H and O–H groups in total. The number of likely N-dealkylation sites (N-methyl/N-ethyl adjacent to an activating group) is 1. The lowest BCUT2D eigenvalue weighted by Gasteiger charge is -2.21. The Morgan fingerprint density at radius 3 is 2.65 bits per heavy atom. The summed E-state index contributed by atoms with van der Waals surface area (Å²) in [5, 5.41) is 27.4. The lowest BCUT2D eigenvalue weighted by molar-refractivity contribution is -0.418. The smallest absolute Gasteiger partial charge is 0.268 e. The van der Waals surface area contributed by atoms with Crippen molar-refractivity contribution in [1.82, 2.24) is 0 Å². The number of aliphatic hydroxyl groups excluding tert-OH is 1. The van der Waals surface area contributed by atoms with E-state index in [-0.39, 0.29) is 12.3 Å². The van der Waals surface area contributed by atoms with Crippen LogP contribution in [-0.4, -0.2) is 29.7 Å². The average Bonchev–Trinajstić information content (AvgIpc) is 2.56. The van der Waals surface area contributed by atoms with Gasteiger partial charge in [-0.1, -0.05) is 6.58 Å². The molecule has 0 radical (unpaired) electrons. The molecule has 1 aromatic rings. The van der Waals surface area contributed by atoms with E-state index in [0.717, 1.165) is 18.3 Å². The molecule has 7 heteroatoms. The molecule has 1 rings (SSSR count). The first-order chi connectivity index (χ1) is 11.1. The lowest BCUT2D eigenvalue weighted by atomic mass is 10.2. The highest BCUT2D eigenvalue weighted by Crippen LogP contribution is 2.19. The summed E-state index contributed by atoms with van der Waals surface area (Å²) in [4.78, 5) is 12.0. The first-order valence-corrected chi connectivity index (χ1v) is 7.12. The maximum Gasteiger partial charge on any atom is 0.268 e. The van der Waals surface area contributed by atoms with Gasteiger partial charge in [0, 0.05) is 37.1 Å². The van der Waals surface area contributed by atoms with Crippen LogP contribution < -0.4 is 4.90 Å². The second-order valence-electron chi connectivity index (χ2n) is 4.43. The summed E-state index contributed by atoms with van der Waals surface area (Å²) in [6, 6.07) is 7.43. The summed E-state index contributed by atoms with van der Waals surface area (Å²) in [5.41, 5.74) is 1.56. The maximum absolute atomic E-state index is 10.5. The maximum atomic E-state index is 10.5. The van der Waals surface area contributed by atoms with E-state index in [1.54, 1.807) is 0 Å². The van der Waals surface area contributed by atoms with Gasteiger partial charge in [-0.2, -0.15) is 10.2 Å². The first-order valence-electron chi connectivity index (χ1n) is 7.12. The van der Waals surface area contributed by atoms with Crippen molar-refractivity contribution in [3.8, 4) is 0 Å². The zero-order valence-corrected chi connectivity index (χ0v) is 13.0. The van der Waals surface area contributed by atoms with Gasteiger partial charge in [0.05, 0.1) is 17.2 Å². The largest absolute Gasteiger partial charge is 0.395 e. The van der Waals surface area contributed by atoms with Crippen LogP contribution in [0.1, 0.15) is 6.92 Å². The van der Waals surface area contributed by atoms with E-state index in [1.165, 1.54) is 18.4 Å². The number of aliphatic hydroxyl groups is 1. The van der Waals surface area contributed by atoms with Gasteiger partial charge in [-0.25, -0.2) is 0 Å². The number of hydrogen-bond donors (Lipinski definition) is 1. The predicted octanol–water partition coefficient (Wildman–Crippen LogP) is 3.45. The Morgan fingerprint density at radius 2 is 2.13 bits per heavy atom. The fraction of sp³-hybridized carbons (Fsp3) is 0.250. The molecule has 23 heavy (non-hydrogen) atoms. The van der Waals surface area contributed by atoms with Gasteiger partial charge >= 0.3 is 0 Å². The van der Waals surface area contributed by atoms with Crippen molar-refractivity contribution >= 4 is 11.4 Å². The van der Waals surface area contributed by atoms with Gasteiger partial charge in [-0.05, 0) is 37.3 Å². The first kappa shape index (κ1) is 18.2. The van der Waals surface area contributed by atoms with Gasteiger partial charge in [0.1, 0.15) is 0 Å². The molecule has 0 amide bonds. The monoisotopic (exact) mass is 316 g/mol. The summed E-state index contributed by atoms with van der Waals surface area (Å²) in [6.45, 7) is 6.86. The fourth-order valence-corrected chi connectivity index (χ4v) is 1.80. The zero-order chi connectivity index (χ0) is 17.1. The standard InChI is InChI=1S/C16H20N4O3/c1-3-15(20(22)23)6-5-11-17-18-14-7-9-16(10-8-14)19(4-2)12-13-21/h3,5-11,21H,1,4,12-13H2,2H3. The van der Waals surface area contributed by atoms with Crippen molar-refractivity contribution in [3.05, 3.63) is 71.1 Å². The van der Waals surface area contributed by atoms with Gasteiger partial charge in [0.15, 0.2) is 0 Å². The Balaban J connectivity index is 2.68. The number of nitro groups is 1. The SMILES string of the molecule is C=CC(=CC=CN=Nc1ccc(N(CC)CCO)cc1)[N+](=O)[O-]. The minimum atomic E-state index is -0.529. The molecule has 0 saturated carbocycles. The third kappa shape index (κ3) is 6.23. The van der Waals surface area contributed by atoms with Crippen LogP contribution in [0.4, 0.5) is 11.4 Å². The highest BCUT2D eigenvalue weighted by molar-refractivity contribution is 5.52. The van der Waals surface area contributed by atoms with E-state index in [1.807, 2.05) is 36.1 Å². The fourth-order valence-electron chi connectivity index (χ4n) is 1.80. The van der Waals surface area contributed by atoms with Gasteiger partial charge in [0.25, 0.3) is 5.70 Å². The quantitative estimate of drug-likeness (QED) is 0.327. The lowest BCUT2D eigenvalue weighted by Crippen LogP contribution is -2.25. The van der Waals surface area contributed by atoms with E-state index in [0.29, 0.717) is 12.2 Å². The van der Waals surface area contributed by atoms with Crippen LogP contribution in [-0.2, 0) is 0 Å². The number of nitrogens with zero attached hydrogens (tertiary/aromatic N) is 4. The summed E-state index contributed by atoms with van der Waals surface area (Å²) in [7, 11) is 0. The average molecular weight is 316 g/mol. The minimum Gasteiger partial charge on any atom is -0.395 e. The Morgan fingerprint density at radius 1 is 1.43 bits per heavy atom. The van der Waals surface area contributed by atoms with Crippen molar-refractivity contribution in [2.24, 2.45) is 10.2 Å². The van der Waals surface area contributed by atoms with E-state index in [4.69, 9.17) is 5.11 Å². The Hall–Kier alpha value is -2.80. The molecule has 7 nitrogen and oxygen atoms in total. The van der Waals surface area contributed by atoms with E-state index in [2.05, 4.69) is 16.8 Å². The van der Waals surface area contributed by atoms with Crippen LogP contribution >= 0.6 is 0 Å². The number of allylic oxidation sites excluding steroid dienone is 3. The molecule has 1 aromatic carbocycles. The van der Waals surface area contributed by atoms with Crippen LogP contribution in [0.25, 0.3) is 0 Å². The molecule has 0 aliphatic heterocycles. The number of benzene rings is 1. The van der Waals surface area contributed by atoms with Crippen molar-refractivity contribution < 1.29 is 10.0 Å². The zero-order valence-electron chi connectivity index (χ0n) is 13.0. The molecule has 0 saturated heterocycles. The van der Waals surface area contributed by atoms with Crippen LogP contribution in [0.2, 0.25) is 0 Å². The topological polar surface area (TPSA) is 91.3 Å². The molecular formula is C16H20N4O3. The second-order valence-corrected chi connectivity index (χ2v) is 4.43. The summed E-state index contributed by atoms with van der Waals surface area (Å²) < 4.78 is 0. The van der Waals surface area contributed by atoms with E-state index < -0.39 is 4.92 Å². The Bertz CT molecular complexity index is 606. The summed E-state index contributed by atoms with van der Waals surface area (Å²) in [6.07, 6.45) is 5.25. The number of anilines is 1. The normalized spacial score (nSPS) is 12.0. The van der Waals surface area contributed by atoms with Crippen LogP contribution in [0.3, 0.4) is 0 Å². The van der Waals surface area contributed by atoms with Crippen molar-refractivity contribution in [1.29, 1.82) is 0 Å². The van der Waals surface area contributed by atoms with E-state index >= 15 is 0 Å². The molecule has 0 bridgehead atoms. The molecule has 0 spiro atoms. The molecule has 0 fully saturated rings. The van der Waals surface area contributed by atoms with Gasteiger partial charge in [0.2, 0.25) is 0 Å². The molecule has 0 aliphatic carbocycles. The third-order valence-electron chi connectivity index (χ3n) is 2.98. The number of rotatable bonds is 9. The minimum absolute atomic E-state index is 0.102. The molecule has 0 aromatic heterocycles. The third-order valence-corrected chi connectivity index (χ3v) is 2.98. The number of hydrogen-bond acceptors (Lipinski definition) is 6. The molecule has 122 valence electrons. The molecule has 0 heterocycles. The van der Waals surface area contributed by atoms with Crippen LogP contribution in [0, 0.1) is 10.1 Å². The molecular weight excluding hydrogens is 296 g/mol.